The molecule has 32 heavy (non-hydrogen) atoms. The van der Waals surface area contributed by atoms with Crippen LogP contribution in [0.2, 0.25) is 0 Å². The first-order valence-electron chi connectivity index (χ1n) is 11.8. The fourth-order valence-corrected chi connectivity index (χ4v) is 7.67. The first-order chi connectivity index (χ1) is 15.9. The van der Waals surface area contributed by atoms with Crippen molar-refractivity contribution in [3.8, 4) is 0 Å². The molecule has 0 aliphatic heterocycles. The minimum Gasteiger partial charge on any atom is -0.0616 e. The highest BCUT2D eigenvalue weighted by Gasteiger charge is 2.53. The molecule has 4 atom stereocenters. The third-order valence-electron chi connectivity index (χ3n) is 8.85. The Kier molecular flexibility index (Phi) is 2.62. The number of hydrogen-bond acceptors (Lipinski definition) is 0. The van der Waals surface area contributed by atoms with E-state index in [-0.39, 0.29) is 0 Å². The van der Waals surface area contributed by atoms with E-state index in [1.165, 1.54) is 49.1 Å². The zero-order valence-corrected chi connectivity index (χ0v) is 17.5. The Bertz CT molecular complexity index is 1730. The van der Waals surface area contributed by atoms with E-state index < -0.39 is 0 Å². The van der Waals surface area contributed by atoms with Crippen LogP contribution in [0.5, 0.6) is 0 Å². The van der Waals surface area contributed by atoms with E-state index in [1.54, 1.807) is 16.7 Å². The molecular weight excluding hydrogens is 384 g/mol. The second kappa shape index (κ2) is 5.22. The van der Waals surface area contributed by atoms with Gasteiger partial charge in [-0.05, 0) is 77.9 Å². The van der Waals surface area contributed by atoms with Crippen LogP contribution in [-0.2, 0) is 0 Å². The van der Waals surface area contributed by atoms with Crippen molar-refractivity contribution in [2.45, 2.75) is 11.8 Å². The molecule has 6 aliphatic carbocycles. The molecule has 3 aromatic carbocycles. The van der Waals surface area contributed by atoms with Gasteiger partial charge in [-0.2, -0.15) is 0 Å². The summed E-state index contributed by atoms with van der Waals surface area (Å²) < 4.78 is 0. The number of fused-ring (bicyclic) bond motifs is 4. The lowest BCUT2D eigenvalue weighted by Crippen LogP contribution is -2.46. The summed E-state index contributed by atoms with van der Waals surface area (Å²) in [5.41, 5.74) is 12.2. The molecule has 0 N–H and O–H groups in total. The molecule has 0 heterocycles. The molecule has 6 aliphatic rings. The van der Waals surface area contributed by atoms with Crippen LogP contribution in [0.4, 0.5) is 0 Å². The average Bonchev–Trinajstić information content (AvgIpc) is 2.86. The third kappa shape index (κ3) is 1.68. The molecule has 0 bridgehead atoms. The summed E-state index contributed by atoms with van der Waals surface area (Å²) in [7, 11) is 0. The lowest BCUT2D eigenvalue weighted by Gasteiger charge is -2.53. The van der Waals surface area contributed by atoms with Crippen molar-refractivity contribution in [3.05, 3.63) is 129 Å². The lowest BCUT2D eigenvalue weighted by atomic mass is 9.49. The largest absolute Gasteiger partial charge is 0.0616 e. The number of hydrogen-bond donors (Lipinski definition) is 0. The molecule has 0 nitrogen and oxygen atoms in total. The summed E-state index contributed by atoms with van der Waals surface area (Å²) >= 11 is 0. The van der Waals surface area contributed by atoms with Gasteiger partial charge in [-0.1, -0.05) is 85.0 Å². The molecule has 3 aromatic rings. The van der Waals surface area contributed by atoms with Crippen molar-refractivity contribution in [2.75, 3.05) is 0 Å². The van der Waals surface area contributed by atoms with Gasteiger partial charge in [0.25, 0.3) is 0 Å². The van der Waals surface area contributed by atoms with Crippen molar-refractivity contribution in [2.24, 2.45) is 11.8 Å². The van der Waals surface area contributed by atoms with Gasteiger partial charge in [0, 0.05) is 23.7 Å². The van der Waals surface area contributed by atoms with Gasteiger partial charge < -0.3 is 0 Å². The summed E-state index contributed by atoms with van der Waals surface area (Å²) in [5.74, 6) is 1.99. The molecule has 0 saturated carbocycles. The first kappa shape index (κ1) is 16.1. The molecule has 9 rings (SSSR count). The van der Waals surface area contributed by atoms with Gasteiger partial charge in [0.05, 0.1) is 0 Å². The minimum absolute atomic E-state index is 0.453. The minimum atomic E-state index is 0.453. The van der Waals surface area contributed by atoms with E-state index in [2.05, 4.69) is 97.1 Å². The van der Waals surface area contributed by atoms with Gasteiger partial charge in [-0.15, -0.1) is 0 Å². The highest BCUT2D eigenvalue weighted by atomic mass is 14.6. The molecule has 0 aromatic heterocycles. The standard InChI is InChI=1S/C32H20/c1-2-4-22-16-26-24-14-12-20-10-8-18-6-5-17-7-9-19-11-13-23(25(26)15-21(22)3-1)31-29(19)27(17)28(18)30(20)32(24)31/h1-16,27,29,31-32H. The van der Waals surface area contributed by atoms with Crippen LogP contribution in [0.3, 0.4) is 0 Å². The summed E-state index contributed by atoms with van der Waals surface area (Å²) in [4.78, 5) is 0. The monoisotopic (exact) mass is 404 g/mol. The van der Waals surface area contributed by atoms with Crippen molar-refractivity contribution in [1.29, 1.82) is 0 Å². The molecule has 148 valence electrons. The molecule has 0 heteroatoms. The fraction of sp³-hybridized carbons (Fsp3) is 0.125. The van der Waals surface area contributed by atoms with Gasteiger partial charge >= 0.3 is 0 Å². The van der Waals surface area contributed by atoms with Crippen LogP contribution in [0.15, 0.2) is 96.1 Å². The van der Waals surface area contributed by atoms with E-state index in [4.69, 9.17) is 0 Å². The van der Waals surface area contributed by atoms with E-state index >= 15 is 0 Å². The smallest absolute Gasteiger partial charge is 0.0180 e. The summed E-state index contributed by atoms with van der Waals surface area (Å²) in [6.07, 6.45) is 19.2. The number of rotatable bonds is 0. The SMILES string of the molecule is C1=CC2=CC=C3c4cc5ccccc5cc4C4=CC=c5ccc6c7c5C4C3C2C7C1=CC=6. The third-order valence-corrected chi connectivity index (χ3v) is 8.85. The van der Waals surface area contributed by atoms with Crippen molar-refractivity contribution >= 4 is 34.1 Å². The topological polar surface area (TPSA) is 0 Å². The summed E-state index contributed by atoms with van der Waals surface area (Å²) in [5, 5.41) is 5.55. The Labute approximate surface area is 186 Å². The predicted octanol–water partition coefficient (Wildman–Crippen LogP) is 5.76. The number of benzene rings is 3. The van der Waals surface area contributed by atoms with Crippen molar-refractivity contribution < 1.29 is 0 Å². The van der Waals surface area contributed by atoms with Crippen LogP contribution < -0.4 is 10.4 Å². The molecule has 0 radical (unpaired) electrons. The maximum Gasteiger partial charge on any atom is 0.0180 e. The Morgan fingerprint density at radius 2 is 1.12 bits per heavy atom. The Morgan fingerprint density at radius 1 is 0.500 bits per heavy atom. The molecule has 0 saturated heterocycles. The fourth-order valence-electron chi connectivity index (χ4n) is 7.67. The van der Waals surface area contributed by atoms with E-state index in [9.17, 15) is 0 Å². The van der Waals surface area contributed by atoms with Gasteiger partial charge in [0.1, 0.15) is 0 Å². The normalized spacial score (nSPS) is 28.5. The maximum atomic E-state index is 2.46. The second-order valence-electron chi connectivity index (χ2n) is 10.1. The molecule has 0 spiro atoms. The molecule has 0 amide bonds. The first-order valence-corrected chi connectivity index (χ1v) is 11.8. The van der Waals surface area contributed by atoms with E-state index in [0.29, 0.717) is 23.7 Å². The van der Waals surface area contributed by atoms with Crippen LogP contribution in [0.25, 0.3) is 34.1 Å². The van der Waals surface area contributed by atoms with Crippen molar-refractivity contribution in [1.82, 2.24) is 0 Å². The quantitative estimate of drug-likeness (QED) is 0.447. The highest BCUT2D eigenvalue weighted by Crippen LogP contribution is 2.64. The molecule has 0 fully saturated rings. The van der Waals surface area contributed by atoms with Crippen LogP contribution in [0.1, 0.15) is 34.1 Å². The van der Waals surface area contributed by atoms with E-state index in [0.717, 1.165) is 0 Å². The van der Waals surface area contributed by atoms with Gasteiger partial charge in [0.2, 0.25) is 0 Å². The predicted molar refractivity (Wildman–Crippen MR) is 132 cm³/mol. The Balaban J connectivity index is 1.49. The van der Waals surface area contributed by atoms with Crippen LogP contribution >= 0.6 is 0 Å². The van der Waals surface area contributed by atoms with Crippen LogP contribution in [-0.4, -0.2) is 0 Å². The van der Waals surface area contributed by atoms with Gasteiger partial charge in [-0.25, -0.2) is 0 Å². The van der Waals surface area contributed by atoms with Gasteiger partial charge in [-0.3, -0.25) is 0 Å². The molecular formula is C32H20. The van der Waals surface area contributed by atoms with Crippen molar-refractivity contribution in [3.63, 3.8) is 0 Å². The zero-order valence-electron chi connectivity index (χ0n) is 17.5. The maximum absolute atomic E-state index is 2.46. The summed E-state index contributed by atoms with van der Waals surface area (Å²) in [6.45, 7) is 0. The van der Waals surface area contributed by atoms with E-state index in [1.807, 2.05) is 0 Å². The Hall–Kier alpha value is -3.64. The number of allylic oxidation sites excluding steroid dienone is 10. The summed E-state index contributed by atoms with van der Waals surface area (Å²) in [6, 6.07) is 18.4. The second-order valence-corrected chi connectivity index (χ2v) is 10.1. The van der Waals surface area contributed by atoms with Gasteiger partial charge in [0.15, 0.2) is 0 Å². The zero-order chi connectivity index (χ0) is 20.6. The molecule has 4 unspecified atom stereocenters. The van der Waals surface area contributed by atoms with Crippen LogP contribution in [0, 0.1) is 11.8 Å². The average molecular weight is 405 g/mol. The highest BCUT2D eigenvalue weighted by molar-refractivity contribution is 6.00. The Morgan fingerprint density at radius 3 is 1.94 bits per heavy atom. The lowest BCUT2D eigenvalue weighted by molar-refractivity contribution is 0.358.